The molecule has 0 aromatic heterocycles. The third-order valence-electron chi connectivity index (χ3n) is 13.6. The van der Waals surface area contributed by atoms with Crippen LogP contribution in [0.3, 0.4) is 0 Å². The van der Waals surface area contributed by atoms with E-state index in [-0.39, 0.29) is 66.1 Å². The van der Waals surface area contributed by atoms with Crippen molar-refractivity contribution in [2.75, 3.05) is 79.3 Å². The highest BCUT2D eigenvalue weighted by atomic mass is 16.8. The van der Waals surface area contributed by atoms with Crippen molar-refractivity contribution in [2.45, 2.75) is 101 Å². The molecule has 3 fully saturated rings. The summed E-state index contributed by atoms with van der Waals surface area (Å²) >= 11 is 0. The summed E-state index contributed by atoms with van der Waals surface area (Å²) in [4.78, 5) is 0. The van der Waals surface area contributed by atoms with Crippen LogP contribution in [0.25, 0.3) is 0 Å². The molecule has 10 atom stereocenters. The molecule has 79 heavy (non-hydrogen) atoms. The highest BCUT2D eigenvalue weighted by Crippen LogP contribution is 2.33. The highest BCUT2D eigenvalue weighted by Gasteiger charge is 2.51. The van der Waals surface area contributed by atoms with Gasteiger partial charge in [0.25, 0.3) is 0 Å². The minimum absolute atomic E-state index is 0.0608. The molecular formula is C64H76O15. The van der Waals surface area contributed by atoms with Gasteiger partial charge in [-0.05, 0) is 33.4 Å². The molecule has 3 saturated heterocycles. The lowest BCUT2D eigenvalue weighted by Gasteiger charge is -2.46. The normalized spacial score (nSPS) is 26.0. The third-order valence-corrected chi connectivity index (χ3v) is 13.6. The monoisotopic (exact) mass is 1080 g/mol. The molecule has 0 spiro atoms. The van der Waals surface area contributed by atoms with Crippen LogP contribution in [0.1, 0.15) is 33.4 Å². The molecule has 0 aliphatic carbocycles. The van der Waals surface area contributed by atoms with Crippen LogP contribution in [0.4, 0.5) is 0 Å². The second-order valence-corrected chi connectivity index (χ2v) is 19.4. The van der Waals surface area contributed by atoms with Crippen molar-refractivity contribution < 1.29 is 71.1 Å². The van der Waals surface area contributed by atoms with E-state index < -0.39 is 61.4 Å². The maximum absolute atomic E-state index is 6.95. The van der Waals surface area contributed by atoms with Crippen molar-refractivity contribution in [3.8, 4) is 0 Å². The lowest BCUT2D eigenvalue weighted by atomic mass is 9.97. The minimum atomic E-state index is -0.961. The van der Waals surface area contributed by atoms with E-state index in [0.717, 1.165) is 33.4 Å². The van der Waals surface area contributed by atoms with Gasteiger partial charge in [-0.2, -0.15) is 0 Å². The summed E-state index contributed by atoms with van der Waals surface area (Å²) in [5, 5.41) is 0. The molecular weight excluding hydrogens is 1010 g/mol. The molecule has 0 saturated carbocycles. The maximum Gasteiger partial charge on any atom is 0.187 e. The zero-order valence-corrected chi connectivity index (χ0v) is 44.9. The van der Waals surface area contributed by atoms with Gasteiger partial charge in [0.15, 0.2) is 12.6 Å². The van der Waals surface area contributed by atoms with Gasteiger partial charge in [-0.1, -0.05) is 182 Å². The van der Waals surface area contributed by atoms with Crippen LogP contribution < -0.4 is 0 Å². The van der Waals surface area contributed by atoms with E-state index in [1.54, 1.807) is 0 Å². The largest absolute Gasteiger partial charge is 0.377 e. The Bertz CT molecular complexity index is 2330. The molecule has 6 aromatic carbocycles. The summed E-state index contributed by atoms with van der Waals surface area (Å²) in [6, 6.07) is 60.2. The zero-order valence-electron chi connectivity index (χ0n) is 44.9. The van der Waals surface area contributed by atoms with Crippen LogP contribution >= 0.6 is 0 Å². The predicted octanol–water partition coefficient (Wildman–Crippen LogP) is 9.08. The van der Waals surface area contributed by atoms with Gasteiger partial charge in [-0.3, -0.25) is 0 Å². The van der Waals surface area contributed by atoms with Crippen molar-refractivity contribution in [2.24, 2.45) is 0 Å². The number of benzene rings is 6. The Hall–Kier alpha value is -5.28. The SMILES string of the molecule is c1ccc(COC[C@H]2O[C@@H]3OCCO[C@@H]4O[C@H](COCc5ccccc5)[C@@H](OCc5ccccc5)[C@H](OCc5ccccc5)[C@H]4OCCOCCOCCOCCO[C@H]3[C@@H](OCc3ccccc3)[C@@H]2OCc2ccccc2)cc1. The molecule has 3 aliphatic rings. The first-order valence-corrected chi connectivity index (χ1v) is 27.6. The Morgan fingerprint density at radius 3 is 0.835 bits per heavy atom. The summed E-state index contributed by atoms with van der Waals surface area (Å²) in [6.07, 6.45) is -7.45. The fourth-order valence-corrected chi connectivity index (χ4v) is 9.59. The van der Waals surface area contributed by atoms with Crippen LogP contribution in [-0.4, -0.2) is 141 Å². The summed E-state index contributed by atoms with van der Waals surface area (Å²) in [6.45, 7) is 4.83. The molecule has 0 amide bonds. The van der Waals surface area contributed by atoms with Crippen molar-refractivity contribution >= 4 is 0 Å². The Kier molecular flexibility index (Phi) is 24.7. The molecule has 3 aliphatic heterocycles. The lowest BCUT2D eigenvalue weighted by molar-refractivity contribution is -0.340. The van der Waals surface area contributed by atoms with Crippen LogP contribution in [0.5, 0.6) is 0 Å². The van der Waals surface area contributed by atoms with E-state index in [2.05, 4.69) is 0 Å². The smallest absolute Gasteiger partial charge is 0.187 e. The predicted molar refractivity (Wildman–Crippen MR) is 293 cm³/mol. The molecule has 6 aromatic rings. The summed E-state index contributed by atoms with van der Waals surface area (Å²) < 4.78 is 99.2. The van der Waals surface area contributed by atoms with Crippen LogP contribution in [-0.2, 0) is 111 Å². The number of ether oxygens (including phenoxy) is 15. The first-order valence-electron chi connectivity index (χ1n) is 27.6. The number of rotatable bonds is 20. The van der Waals surface area contributed by atoms with Crippen LogP contribution in [0.2, 0.25) is 0 Å². The van der Waals surface area contributed by atoms with Crippen molar-refractivity contribution in [1.29, 1.82) is 0 Å². The van der Waals surface area contributed by atoms with Crippen LogP contribution in [0.15, 0.2) is 182 Å². The molecule has 0 N–H and O–H groups in total. The van der Waals surface area contributed by atoms with E-state index >= 15 is 0 Å². The molecule has 422 valence electrons. The lowest BCUT2D eigenvalue weighted by Crippen LogP contribution is -2.62. The zero-order chi connectivity index (χ0) is 53.8. The third kappa shape index (κ3) is 19.2. The first kappa shape index (κ1) is 58.4. The van der Waals surface area contributed by atoms with E-state index in [1.165, 1.54) is 0 Å². The Balaban J connectivity index is 0.992. The van der Waals surface area contributed by atoms with E-state index in [1.807, 2.05) is 182 Å². The van der Waals surface area contributed by atoms with Gasteiger partial charge >= 0.3 is 0 Å². The fourth-order valence-electron chi connectivity index (χ4n) is 9.59. The molecule has 0 bridgehead atoms. The Labute approximate surface area is 465 Å². The topological polar surface area (TPSA) is 138 Å². The second kappa shape index (κ2) is 33.5. The van der Waals surface area contributed by atoms with Gasteiger partial charge in [-0.25, -0.2) is 0 Å². The van der Waals surface area contributed by atoms with Gasteiger partial charge in [0, 0.05) is 0 Å². The van der Waals surface area contributed by atoms with Gasteiger partial charge in [-0.15, -0.1) is 0 Å². The minimum Gasteiger partial charge on any atom is -0.377 e. The van der Waals surface area contributed by atoms with Gasteiger partial charge in [0.1, 0.15) is 48.8 Å². The molecule has 9 rings (SSSR count). The summed E-state index contributed by atoms with van der Waals surface area (Å²) in [5.74, 6) is 0. The standard InChI is InChI=1S/C64H76O15/c1-7-19-49(20-8-1)41-68-47-55-57(74-43-51-23-11-3-12-24-51)59(76-45-53-27-15-5-16-28-53)61-63(78-55)72-39-40-73-64-62(71-38-36-67-34-32-65-31-33-66-35-37-70-61)60(77-46-54-29-17-6-18-30-54)58(75-44-52-25-13-4-14-26-52)56(79-64)48-69-42-50-21-9-2-10-22-50/h1-30,55-64H,31-48H2/t55-,56-,57-,58-,59+,60+,61-,62+,63-,64+/m1/s1. The maximum atomic E-state index is 6.95. The number of hydrogen-bond acceptors (Lipinski definition) is 15. The van der Waals surface area contributed by atoms with Gasteiger partial charge < -0.3 is 71.1 Å². The Morgan fingerprint density at radius 1 is 0.278 bits per heavy atom. The molecule has 3 heterocycles. The van der Waals surface area contributed by atoms with Crippen molar-refractivity contribution in [1.82, 2.24) is 0 Å². The molecule has 15 nitrogen and oxygen atoms in total. The average Bonchev–Trinajstić information content (AvgIpc) is 3.52. The summed E-state index contributed by atoms with van der Waals surface area (Å²) in [7, 11) is 0. The van der Waals surface area contributed by atoms with E-state index in [9.17, 15) is 0 Å². The first-order chi connectivity index (χ1) is 39.2. The number of hydrogen-bond donors (Lipinski definition) is 0. The second-order valence-electron chi connectivity index (χ2n) is 19.4. The van der Waals surface area contributed by atoms with Gasteiger partial charge in [0.2, 0.25) is 0 Å². The summed E-state index contributed by atoms with van der Waals surface area (Å²) in [5.41, 5.74) is 6.03. The van der Waals surface area contributed by atoms with Gasteiger partial charge in [0.05, 0.1) is 119 Å². The Morgan fingerprint density at radius 2 is 0.532 bits per heavy atom. The van der Waals surface area contributed by atoms with E-state index in [4.69, 9.17) is 71.1 Å². The van der Waals surface area contributed by atoms with E-state index in [0.29, 0.717) is 52.9 Å². The highest BCUT2D eigenvalue weighted by molar-refractivity contribution is 5.18. The molecule has 0 unspecified atom stereocenters. The van der Waals surface area contributed by atoms with Crippen molar-refractivity contribution in [3.05, 3.63) is 215 Å². The quantitative estimate of drug-likeness (QED) is 0.0718. The van der Waals surface area contributed by atoms with Crippen LogP contribution in [0, 0.1) is 0 Å². The van der Waals surface area contributed by atoms with Crippen molar-refractivity contribution in [3.63, 3.8) is 0 Å². The molecule has 0 radical (unpaired) electrons. The molecule has 15 heteroatoms. The average molecular weight is 1090 g/mol. The fraction of sp³-hybridized carbons (Fsp3) is 0.438. The number of fused-ring (bicyclic) bond motifs is 2.